The van der Waals surface area contributed by atoms with Crippen molar-refractivity contribution < 1.29 is 14.1 Å². The second kappa shape index (κ2) is 6.16. The molecule has 2 aromatic rings. The fourth-order valence-electron chi connectivity index (χ4n) is 2.92. The molecule has 0 bridgehead atoms. The van der Waals surface area contributed by atoms with E-state index < -0.39 is 0 Å². The van der Waals surface area contributed by atoms with Gasteiger partial charge in [0, 0.05) is 44.1 Å². The molecule has 1 saturated carbocycles. The maximum atomic E-state index is 12.7. The zero-order valence-electron chi connectivity index (χ0n) is 12.9. The predicted octanol–water partition coefficient (Wildman–Crippen LogP) is 1.68. The Kier molecular flexibility index (Phi) is 3.87. The van der Waals surface area contributed by atoms with Crippen molar-refractivity contribution in [2.24, 2.45) is 0 Å². The van der Waals surface area contributed by atoms with E-state index in [4.69, 9.17) is 9.26 Å². The lowest BCUT2D eigenvalue weighted by Gasteiger charge is -2.23. The van der Waals surface area contributed by atoms with Gasteiger partial charge in [0.15, 0.2) is 5.69 Å². The molecule has 1 atom stereocenters. The topological polar surface area (TPSA) is 73.4 Å². The number of aromatic nitrogens is 3. The van der Waals surface area contributed by atoms with Gasteiger partial charge in [0.05, 0.1) is 12.6 Å². The molecular formula is C16H20N4O3. The van der Waals surface area contributed by atoms with E-state index in [0.29, 0.717) is 37.9 Å². The molecule has 1 saturated heterocycles. The summed E-state index contributed by atoms with van der Waals surface area (Å²) in [5, 5.41) is 8.16. The molecular weight excluding hydrogens is 296 g/mol. The summed E-state index contributed by atoms with van der Waals surface area (Å²) < 4.78 is 13.0. The third-order valence-electron chi connectivity index (χ3n) is 4.31. The van der Waals surface area contributed by atoms with Gasteiger partial charge in [-0.15, -0.1) is 0 Å². The average molecular weight is 316 g/mol. The van der Waals surface area contributed by atoms with Crippen LogP contribution in [-0.4, -0.2) is 51.5 Å². The summed E-state index contributed by atoms with van der Waals surface area (Å²) in [5.41, 5.74) is 0.409. The molecule has 1 amide bonds. The van der Waals surface area contributed by atoms with Gasteiger partial charge in [-0.1, -0.05) is 5.16 Å². The Morgan fingerprint density at radius 3 is 3.09 bits per heavy atom. The molecule has 2 fully saturated rings. The molecule has 0 radical (unpaired) electrons. The van der Waals surface area contributed by atoms with Gasteiger partial charge in [-0.2, -0.15) is 5.10 Å². The fraction of sp³-hybridized carbons (Fsp3) is 0.562. The molecule has 7 heteroatoms. The summed E-state index contributed by atoms with van der Waals surface area (Å²) in [7, 11) is 0. The molecule has 7 nitrogen and oxygen atoms in total. The van der Waals surface area contributed by atoms with E-state index >= 15 is 0 Å². The highest BCUT2D eigenvalue weighted by molar-refractivity contribution is 5.92. The Labute approximate surface area is 134 Å². The van der Waals surface area contributed by atoms with Crippen LogP contribution in [0.5, 0.6) is 0 Å². The van der Waals surface area contributed by atoms with Gasteiger partial charge in [-0.25, -0.2) is 0 Å². The minimum atomic E-state index is -0.0726. The molecule has 4 rings (SSSR count). The number of carbonyl (C=O) groups is 1. The number of carbonyl (C=O) groups excluding carboxylic acids is 1. The second-order valence-corrected chi connectivity index (χ2v) is 6.21. The Morgan fingerprint density at radius 2 is 2.30 bits per heavy atom. The number of ether oxygens (including phenoxy) is 1. The van der Waals surface area contributed by atoms with Gasteiger partial charge in [-0.3, -0.25) is 9.48 Å². The van der Waals surface area contributed by atoms with Gasteiger partial charge in [0.25, 0.3) is 5.91 Å². The van der Waals surface area contributed by atoms with E-state index in [1.807, 2.05) is 21.8 Å². The van der Waals surface area contributed by atoms with Crippen LogP contribution in [0.2, 0.25) is 0 Å². The third kappa shape index (κ3) is 3.29. The lowest BCUT2D eigenvalue weighted by atomic mass is 10.2. The lowest BCUT2D eigenvalue weighted by molar-refractivity contribution is 0.0364. The highest BCUT2D eigenvalue weighted by Gasteiger charge is 2.31. The monoisotopic (exact) mass is 316 g/mol. The first kappa shape index (κ1) is 14.4. The largest absolute Gasteiger partial charge is 0.374 e. The number of hydrogen-bond acceptors (Lipinski definition) is 5. The maximum absolute atomic E-state index is 12.7. The highest BCUT2D eigenvalue weighted by atomic mass is 16.5. The molecule has 1 aliphatic carbocycles. The standard InChI is InChI=1S/C16H20N4O3/c21-16(14-9-15(23-18-14)12-3-4-12)19-6-2-8-22-13(10-19)11-20-7-1-5-17-20/h1,5,7,9,12-13H,2-4,6,8,10-11H2. The van der Waals surface area contributed by atoms with Crippen LogP contribution < -0.4 is 0 Å². The summed E-state index contributed by atoms with van der Waals surface area (Å²) in [6.07, 6.45) is 6.68. The molecule has 23 heavy (non-hydrogen) atoms. The van der Waals surface area contributed by atoms with Gasteiger partial charge >= 0.3 is 0 Å². The van der Waals surface area contributed by atoms with Crippen LogP contribution in [0.1, 0.15) is 41.4 Å². The van der Waals surface area contributed by atoms with Crippen LogP contribution in [0, 0.1) is 0 Å². The minimum Gasteiger partial charge on any atom is -0.374 e. The highest BCUT2D eigenvalue weighted by Crippen LogP contribution is 2.40. The number of hydrogen-bond donors (Lipinski definition) is 0. The summed E-state index contributed by atoms with van der Waals surface area (Å²) in [5.74, 6) is 1.23. The molecule has 0 aromatic carbocycles. The first-order valence-electron chi connectivity index (χ1n) is 8.14. The molecule has 0 N–H and O–H groups in total. The normalized spacial score (nSPS) is 22.1. The Bertz CT molecular complexity index is 663. The van der Waals surface area contributed by atoms with Gasteiger partial charge in [0.2, 0.25) is 0 Å². The zero-order valence-corrected chi connectivity index (χ0v) is 12.9. The van der Waals surface area contributed by atoms with Gasteiger partial charge < -0.3 is 14.2 Å². The van der Waals surface area contributed by atoms with Crippen LogP contribution in [0.15, 0.2) is 29.0 Å². The van der Waals surface area contributed by atoms with Crippen molar-refractivity contribution in [3.8, 4) is 0 Å². The summed E-state index contributed by atoms with van der Waals surface area (Å²) in [6, 6.07) is 3.68. The van der Waals surface area contributed by atoms with Gasteiger partial charge in [-0.05, 0) is 25.3 Å². The molecule has 2 aliphatic rings. The van der Waals surface area contributed by atoms with E-state index in [0.717, 1.165) is 25.0 Å². The molecule has 0 spiro atoms. The average Bonchev–Trinajstić information content (AvgIpc) is 3.15. The predicted molar refractivity (Wildman–Crippen MR) is 81.0 cm³/mol. The molecule has 1 unspecified atom stereocenters. The summed E-state index contributed by atoms with van der Waals surface area (Å²) >= 11 is 0. The first-order valence-corrected chi connectivity index (χ1v) is 8.14. The molecule has 1 aliphatic heterocycles. The van der Waals surface area contributed by atoms with Crippen molar-refractivity contribution in [1.82, 2.24) is 19.8 Å². The maximum Gasteiger partial charge on any atom is 0.276 e. The van der Waals surface area contributed by atoms with Crippen LogP contribution in [-0.2, 0) is 11.3 Å². The van der Waals surface area contributed by atoms with Crippen molar-refractivity contribution in [1.29, 1.82) is 0 Å². The van der Waals surface area contributed by atoms with Crippen molar-refractivity contribution in [3.05, 3.63) is 36.0 Å². The van der Waals surface area contributed by atoms with Crippen molar-refractivity contribution in [2.75, 3.05) is 19.7 Å². The molecule has 2 aromatic heterocycles. The number of rotatable bonds is 4. The summed E-state index contributed by atoms with van der Waals surface area (Å²) in [6.45, 7) is 2.52. The van der Waals surface area contributed by atoms with E-state index in [1.165, 1.54) is 0 Å². The molecule has 3 heterocycles. The van der Waals surface area contributed by atoms with Crippen molar-refractivity contribution in [3.63, 3.8) is 0 Å². The second-order valence-electron chi connectivity index (χ2n) is 6.21. The number of nitrogens with zero attached hydrogens (tertiary/aromatic N) is 4. The van der Waals surface area contributed by atoms with Crippen LogP contribution in [0.25, 0.3) is 0 Å². The Balaban J connectivity index is 1.44. The van der Waals surface area contributed by atoms with Crippen LogP contribution >= 0.6 is 0 Å². The number of amides is 1. The summed E-state index contributed by atoms with van der Waals surface area (Å²) in [4.78, 5) is 14.5. The van der Waals surface area contributed by atoms with Crippen molar-refractivity contribution >= 4 is 5.91 Å². The fourth-order valence-corrected chi connectivity index (χ4v) is 2.92. The van der Waals surface area contributed by atoms with Crippen LogP contribution in [0.3, 0.4) is 0 Å². The van der Waals surface area contributed by atoms with Crippen molar-refractivity contribution in [2.45, 2.75) is 37.8 Å². The third-order valence-corrected chi connectivity index (χ3v) is 4.31. The van der Waals surface area contributed by atoms with Crippen LogP contribution in [0.4, 0.5) is 0 Å². The first-order chi connectivity index (χ1) is 11.3. The van der Waals surface area contributed by atoms with Gasteiger partial charge in [0.1, 0.15) is 5.76 Å². The molecule has 122 valence electrons. The zero-order chi connectivity index (χ0) is 15.6. The quantitative estimate of drug-likeness (QED) is 0.858. The van der Waals surface area contributed by atoms with E-state index in [1.54, 1.807) is 12.3 Å². The van der Waals surface area contributed by atoms with E-state index in [-0.39, 0.29) is 12.0 Å². The lowest BCUT2D eigenvalue weighted by Crippen LogP contribution is -2.38. The minimum absolute atomic E-state index is 0.0591. The Hall–Kier alpha value is -2.15. The smallest absolute Gasteiger partial charge is 0.276 e. The van der Waals surface area contributed by atoms with E-state index in [9.17, 15) is 4.79 Å². The SMILES string of the molecule is O=C(c1cc(C2CC2)on1)N1CCCOC(Cn2cccn2)C1. The van der Waals surface area contributed by atoms with E-state index in [2.05, 4.69) is 10.3 Å². The Morgan fingerprint density at radius 1 is 1.39 bits per heavy atom.